The van der Waals surface area contributed by atoms with Gasteiger partial charge in [0.1, 0.15) is 0 Å². The second-order valence-electron chi connectivity index (χ2n) is 16.0. The van der Waals surface area contributed by atoms with Crippen molar-refractivity contribution in [3.63, 3.8) is 0 Å². The maximum absolute atomic E-state index is 11.0. The van der Waals surface area contributed by atoms with Crippen LogP contribution in [0.4, 0.5) is 0 Å². The fourth-order valence-electron chi connectivity index (χ4n) is 10.3. The van der Waals surface area contributed by atoms with Crippen LogP contribution in [0.2, 0.25) is 0 Å². The van der Waals surface area contributed by atoms with E-state index < -0.39 is 10.1 Å². The molecule has 4 aliphatic carbocycles. The van der Waals surface area contributed by atoms with Gasteiger partial charge < -0.3 is 4.74 Å². The topological polar surface area (TPSA) is 52.6 Å². The first-order valence-electron chi connectivity index (χ1n) is 18.1. The lowest BCUT2D eigenvalue weighted by Crippen LogP contribution is -2.51. The molecular weight excluding hydrogens is 540 g/mol. The second-order valence-corrected chi connectivity index (χ2v) is 17.7. The summed E-state index contributed by atoms with van der Waals surface area (Å²) in [6.07, 6.45) is 27.3. The maximum atomic E-state index is 11.0. The number of fused-ring (bicyclic) bond motifs is 5. The quantitative estimate of drug-likeness (QED) is 0.0939. The molecule has 5 heteroatoms. The van der Waals surface area contributed by atoms with Gasteiger partial charge in [-0.2, -0.15) is 8.42 Å². The summed E-state index contributed by atoms with van der Waals surface area (Å²) in [4.78, 5) is 0. The van der Waals surface area contributed by atoms with E-state index in [9.17, 15) is 8.42 Å². The Morgan fingerprint density at radius 2 is 1.52 bits per heavy atom. The van der Waals surface area contributed by atoms with Crippen molar-refractivity contribution in [2.45, 2.75) is 156 Å². The monoisotopic (exact) mass is 606 g/mol. The molecule has 0 aliphatic heterocycles. The van der Waals surface area contributed by atoms with Crippen molar-refractivity contribution < 1.29 is 17.3 Å². The van der Waals surface area contributed by atoms with Crippen molar-refractivity contribution in [3.05, 3.63) is 11.6 Å². The third-order valence-corrected chi connectivity index (χ3v) is 13.3. The average Bonchev–Trinajstić information content (AvgIpc) is 3.28. The molecule has 0 N–H and O–H groups in total. The van der Waals surface area contributed by atoms with Crippen LogP contribution in [0.1, 0.15) is 150 Å². The zero-order valence-electron chi connectivity index (χ0n) is 28.3. The summed E-state index contributed by atoms with van der Waals surface area (Å²) in [5, 5.41) is 0. The molecule has 244 valence electrons. The molecular formula is C37H66O4S. The molecule has 8 atom stereocenters. The molecule has 0 amide bonds. The van der Waals surface area contributed by atoms with E-state index in [1.807, 2.05) is 0 Å². The van der Waals surface area contributed by atoms with Crippen molar-refractivity contribution in [1.82, 2.24) is 0 Å². The number of rotatable bonds is 17. The van der Waals surface area contributed by atoms with Crippen molar-refractivity contribution in [1.29, 1.82) is 0 Å². The van der Waals surface area contributed by atoms with Gasteiger partial charge in [0, 0.05) is 6.61 Å². The Morgan fingerprint density at radius 3 is 2.21 bits per heavy atom. The first-order valence-corrected chi connectivity index (χ1v) is 19.9. The Balaban J connectivity index is 1.17. The van der Waals surface area contributed by atoms with Crippen LogP contribution < -0.4 is 0 Å². The van der Waals surface area contributed by atoms with Crippen molar-refractivity contribution >= 4 is 10.1 Å². The predicted octanol–water partition coefficient (Wildman–Crippen LogP) is 10.1. The van der Waals surface area contributed by atoms with E-state index in [2.05, 4.69) is 40.7 Å². The van der Waals surface area contributed by atoms with Gasteiger partial charge in [0.15, 0.2) is 0 Å². The van der Waals surface area contributed by atoms with Gasteiger partial charge in [0.25, 0.3) is 10.1 Å². The largest absolute Gasteiger partial charge is 0.378 e. The van der Waals surface area contributed by atoms with Gasteiger partial charge in [0.2, 0.25) is 0 Å². The molecule has 42 heavy (non-hydrogen) atoms. The molecule has 4 nitrogen and oxygen atoms in total. The van der Waals surface area contributed by atoms with Gasteiger partial charge in [-0.1, -0.05) is 97.6 Å². The minimum Gasteiger partial charge on any atom is -0.378 e. The van der Waals surface area contributed by atoms with Crippen molar-refractivity contribution in [3.8, 4) is 0 Å². The molecule has 0 bridgehead atoms. The first kappa shape index (κ1) is 34.5. The lowest BCUT2D eigenvalue weighted by Gasteiger charge is -2.58. The summed E-state index contributed by atoms with van der Waals surface area (Å²) in [5.74, 6) is 5.42. The molecule has 0 spiro atoms. The highest BCUT2D eigenvalue weighted by Gasteiger charge is 2.59. The van der Waals surface area contributed by atoms with Gasteiger partial charge in [-0.15, -0.1) is 0 Å². The Hall–Kier alpha value is -0.390. The fourth-order valence-corrected chi connectivity index (χ4v) is 10.8. The molecule has 4 unspecified atom stereocenters. The second kappa shape index (κ2) is 15.3. The van der Waals surface area contributed by atoms with Gasteiger partial charge in [-0.25, -0.2) is 0 Å². The van der Waals surface area contributed by atoms with Crippen LogP contribution in [0.15, 0.2) is 11.6 Å². The van der Waals surface area contributed by atoms with Gasteiger partial charge >= 0.3 is 0 Å². The minimum atomic E-state index is -3.29. The van der Waals surface area contributed by atoms with E-state index in [0.717, 1.165) is 74.1 Å². The smallest absolute Gasteiger partial charge is 0.264 e. The summed E-state index contributed by atoms with van der Waals surface area (Å²) in [6.45, 7) is 13.9. The molecule has 3 fully saturated rings. The van der Waals surface area contributed by atoms with Crippen LogP contribution in [0, 0.1) is 46.3 Å². The Kier molecular flexibility index (Phi) is 12.5. The molecule has 0 aromatic heterocycles. The van der Waals surface area contributed by atoms with E-state index in [1.165, 1.54) is 89.9 Å². The Bertz CT molecular complexity index is 972. The Morgan fingerprint density at radius 1 is 0.833 bits per heavy atom. The number of allylic oxidation sites excluding steroid dienone is 1. The van der Waals surface area contributed by atoms with Gasteiger partial charge in [-0.05, 0) is 111 Å². The van der Waals surface area contributed by atoms with Crippen molar-refractivity contribution in [2.75, 3.05) is 19.5 Å². The number of unbranched alkanes of at least 4 members (excludes halogenated alkanes) is 6. The molecule has 3 saturated carbocycles. The molecule has 4 aliphatic rings. The summed E-state index contributed by atoms with van der Waals surface area (Å²) >= 11 is 0. The number of hydrogen-bond donors (Lipinski definition) is 0. The molecule has 0 aromatic carbocycles. The lowest BCUT2D eigenvalue weighted by molar-refractivity contribution is -0.0641. The highest BCUT2D eigenvalue weighted by Crippen LogP contribution is 2.67. The predicted molar refractivity (Wildman–Crippen MR) is 176 cm³/mol. The van der Waals surface area contributed by atoms with Crippen LogP contribution in [0.25, 0.3) is 0 Å². The number of ether oxygens (including phenoxy) is 1. The van der Waals surface area contributed by atoms with Gasteiger partial charge in [-0.3, -0.25) is 4.18 Å². The third-order valence-electron chi connectivity index (χ3n) is 12.7. The van der Waals surface area contributed by atoms with E-state index >= 15 is 0 Å². The molecule has 0 heterocycles. The molecule has 4 rings (SSSR count). The van der Waals surface area contributed by atoms with Gasteiger partial charge in [0.05, 0.1) is 19.0 Å². The molecule has 0 saturated heterocycles. The summed E-state index contributed by atoms with van der Waals surface area (Å²) in [6, 6.07) is 0. The highest BCUT2D eigenvalue weighted by atomic mass is 32.2. The zero-order valence-corrected chi connectivity index (χ0v) is 29.1. The Labute approximate surface area is 260 Å². The molecule has 0 aromatic rings. The first-order chi connectivity index (χ1) is 19.9. The normalized spacial score (nSPS) is 35.4. The maximum Gasteiger partial charge on any atom is 0.264 e. The van der Waals surface area contributed by atoms with Crippen LogP contribution in [-0.2, 0) is 19.0 Å². The third kappa shape index (κ3) is 8.65. The van der Waals surface area contributed by atoms with Crippen LogP contribution >= 0.6 is 0 Å². The minimum absolute atomic E-state index is 0.323. The lowest BCUT2D eigenvalue weighted by atomic mass is 9.47. The SMILES string of the molecule is CC(C)CCCC(C)C1CCC2C3CC=C4C[C@@H](OCCCCCCCCCOS(C)(=O)=O)CC[C@]4(C)[C@H]3CC[C@]12C. The van der Waals surface area contributed by atoms with E-state index in [1.54, 1.807) is 5.57 Å². The van der Waals surface area contributed by atoms with Crippen LogP contribution in [0.3, 0.4) is 0 Å². The molecule has 0 radical (unpaired) electrons. The average molecular weight is 607 g/mol. The zero-order chi connectivity index (χ0) is 30.4. The fraction of sp³-hybridized carbons (Fsp3) is 0.946. The van der Waals surface area contributed by atoms with Crippen LogP contribution in [-0.4, -0.2) is 34.0 Å². The van der Waals surface area contributed by atoms with E-state index in [4.69, 9.17) is 8.92 Å². The summed E-state index contributed by atoms with van der Waals surface area (Å²) < 4.78 is 33.3. The van der Waals surface area contributed by atoms with Crippen LogP contribution in [0.5, 0.6) is 0 Å². The number of hydrogen-bond acceptors (Lipinski definition) is 4. The highest BCUT2D eigenvalue weighted by molar-refractivity contribution is 7.85. The van der Waals surface area contributed by atoms with E-state index in [0.29, 0.717) is 23.5 Å². The van der Waals surface area contributed by atoms with E-state index in [-0.39, 0.29) is 0 Å². The standard InChI is InChI=1S/C37H66O4S/c1-28(2)15-14-16-29(3)33-19-20-34-32-18-17-30-27-31(21-23-36(30,4)35(32)22-24-37(33,34)5)40-25-12-10-8-7-9-11-13-26-41-42(6,38)39/h17,28-29,31-35H,7-16,18-27H2,1-6H3/t29?,31-,32?,33?,34?,35-,36-,37+/m0/s1. The van der Waals surface area contributed by atoms with Crippen molar-refractivity contribution in [2.24, 2.45) is 46.3 Å². The summed E-state index contributed by atoms with van der Waals surface area (Å²) in [5.41, 5.74) is 2.74. The summed E-state index contributed by atoms with van der Waals surface area (Å²) in [7, 11) is -3.29.